The van der Waals surface area contributed by atoms with Gasteiger partial charge in [-0.05, 0) is 27.2 Å². The summed E-state index contributed by atoms with van der Waals surface area (Å²) in [5.41, 5.74) is -0.439. The molecule has 0 spiro atoms. The average Bonchev–Trinajstić information content (AvgIpc) is 2.88. The minimum atomic E-state index is -0.439. The van der Waals surface area contributed by atoms with Gasteiger partial charge >= 0.3 is 6.09 Å². The molecule has 2 heterocycles. The Hall–Kier alpha value is -1.46. The summed E-state index contributed by atoms with van der Waals surface area (Å²) in [5, 5.41) is 3.46. The Morgan fingerprint density at radius 2 is 2.09 bits per heavy atom. The molecule has 1 fully saturated rings. The molecule has 0 aromatic rings. The molecule has 1 N–H and O–H groups in total. The lowest BCUT2D eigenvalue weighted by Crippen LogP contribution is -2.57. The highest BCUT2D eigenvalue weighted by molar-refractivity contribution is 5.82. The molecule has 1 amide bonds. The van der Waals surface area contributed by atoms with E-state index in [1.807, 2.05) is 25.7 Å². The molecular formula is C17H32N4O2. The van der Waals surface area contributed by atoms with E-state index in [1.54, 1.807) is 0 Å². The highest BCUT2D eigenvalue weighted by atomic mass is 16.6. The first-order valence-electron chi connectivity index (χ1n) is 8.93. The van der Waals surface area contributed by atoms with Crippen molar-refractivity contribution in [1.82, 2.24) is 15.1 Å². The molecule has 1 atom stereocenters. The van der Waals surface area contributed by atoms with Gasteiger partial charge in [-0.25, -0.2) is 4.79 Å². The van der Waals surface area contributed by atoms with Gasteiger partial charge < -0.3 is 19.9 Å². The standard InChI is InChI=1S/C17H32N4O2/c1-5-6-7-8-9-18-15-19-12-14-13-20(10-11-21(14)15)16(22)23-17(2,3)4/h14H,5-13H2,1-4H3,(H,18,19). The van der Waals surface area contributed by atoms with E-state index in [9.17, 15) is 4.79 Å². The van der Waals surface area contributed by atoms with Gasteiger partial charge in [0.05, 0.1) is 12.6 Å². The van der Waals surface area contributed by atoms with Gasteiger partial charge in [-0.2, -0.15) is 0 Å². The van der Waals surface area contributed by atoms with Gasteiger partial charge in [0.25, 0.3) is 0 Å². The number of fused-ring (bicyclic) bond motifs is 1. The summed E-state index contributed by atoms with van der Waals surface area (Å²) in [6.45, 7) is 11.9. The summed E-state index contributed by atoms with van der Waals surface area (Å²) in [5.74, 6) is 1.01. The van der Waals surface area contributed by atoms with Gasteiger partial charge in [-0.1, -0.05) is 26.2 Å². The molecule has 23 heavy (non-hydrogen) atoms. The summed E-state index contributed by atoms with van der Waals surface area (Å²) in [7, 11) is 0. The number of rotatable bonds is 5. The molecule has 6 nitrogen and oxygen atoms in total. The lowest BCUT2D eigenvalue weighted by Gasteiger charge is -2.39. The summed E-state index contributed by atoms with van der Waals surface area (Å²) < 4.78 is 5.47. The largest absolute Gasteiger partial charge is 0.444 e. The lowest BCUT2D eigenvalue weighted by molar-refractivity contribution is 0.0137. The number of ether oxygens (including phenoxy) is 1. The SMILES string of the molecule is CCCCCCNC1=NCC2CN(C(=O)OC(C)(C)C)CCN12. The van der Waals surface area contributed by atoms with E-state index in [1.165, 1.54) is 25.7 Å². The number of hydrogen-bond acceptors (Lipinski definition) is 5. The van der Waals surface area contributed by atoms with Crippen LogP contribution in [0.5, 0.6) is 0 Å². The number of unbranched alkanes of at least 4 members (excludes halogenated alkanes) is 3. The maximum Gasteiger partial charge on any atom is 0.410 e. The van der Waals surface area contributed by atoms with Crippen LogP contribution >= 0.6 is 0 Å². The zero-order valence-electron chi connectivity index (χ0n) is 15.1. The minimum Gasteiger partial charge on any atom is -0.444 e. The molecular weight excluding hydrogens is 292 g/mol. The summed E-state index contributed by atoms with van der Waals surface area (Å²) in [6.07, 6.45) is 4.81. The number of nitrogens with one attached hydrogen (secondary N) is 1. The fourth-order valence-electron chi connectivity index (χ4n) is 2.97. The van der Waals surface area contributed by atoms with Crippen LogP contribution in [0, 0.1) is 0 Å². The number of carbonyl (C=O) groups excluding carboxylic acids is 1. The first-order valence-corrected chi connectivity index (χ1v) is 8.93. The molecule has 1 saturated heterocycles. The number of carbonyl (C=O) groups is 1. The van der Waals surface area contributed by atoms with Crippen LogP contribution in [-0.2, 0) is 4.74 Å². The molecule has 2 aliphatic heterocycles. The monoisotopic (exact) mass is 324 g/mol. The van der Waals surface area contributed by atoms with Crippen molar-refractivity contribution in [2.24, 2.45) is 4.99 Å². The molecule has 2 rings (SSSR count). The number of amides is 1. The third-order valence-corrected chi connectivity index (χ3v) is 4.17. The van der Waals surface area contributed by atoms with E-state index in [0.717, 1.165) is 25.6 Å². The third kappa shape index (κ3) is 5.29. The van der Waals surface area contributed by atoms with Crippen molar-refractivity contribution < 1.29 is 9.53 Å². The highest BCUT2D eigenvalue weighted by Gasteiger charge is 2.36. The molecule has 132 valence electrons. The molecule has 0 aromatic heterocycles. The van der Waals surface area contributed by atoms with Crippen molar-refractivity contribution in [3.8, 4) is 0 Å². The highest BCUT2D eigenvalue weighted by Crippen LogP contribution is 2.18. The van der Waals surface area contributed by atoms with Crippen LogP contribution in [0.15, 0.2) is 4.99 Å². The Bertz CT molecular complexity index is 431. The summed E-state index contributed by atoms with van der Waals surface area (Å²) in [6, 6.07) is 0.286. The second-order valence-electron chi connectivity index (χ2n) is 7.43. The molecule has 2 aliphatic rings. The van der Waals surface area contributed by atoms with E-state index < -0.39 is 5.60 Å². The second-order valence-corrected chi connectivity index (χ2v) is 7.43. The Kier molecular flexibility index (Phi) is 6.13. The number of piperazine rings is 1. The van der Waals surface area contributed by atoms with Crippen LogP contribution in [0.25, 0.3) is 0 Å². The first-order chi connectivity index (χ1) is 10.9. The van der Waals surface area contributed by atoms with E-state index in [-0.39, 0.29) is 12.1 Å². The lowest BCUT2D eigenvalue weighted by atomic mass is 10.2. The number of guanidine groups is 1. The van der Waals surface area contributed by atoms with Crippen LogP contribution < -0.4 is 5.32 Å². The van der Waals surface area contributed by atoms with Crippen molar-refractivity contribution in [3.05, 3.63) is 0 Å². The maximum absolute atomic E-state index is 12.2. The Balaban J connectivity index is 1.75. The minimum absolute atomic E-state index is 0.210. The first kappa shape index (κ1) is 17.9. The van der Waals surface area contributed by atoms with E-state index in [2.05, 4.69) is 22.1 Å². The van der Waals surface area contributed by atoms with Crippen molar-refractivity contribution in [3.63, 3.8) is 0 Å². The van der Waals surface area contributed by atoms with Crippen molar-refractivity contribution >= 4 is 12.1 Å². The molecule has 1 unspecified atom stereocenters. The van der Waals surface area contributed by atoms with Gasteiger partial charge in [-0.3, -0.25) is 4.99 Å². The quantitative estimate of drug-likeness (QED) is 0.789. The van der Waals surface area contributed by atoms with Crippen LogP contribution in [0.4, 0.5) is 4.79 Å². The second kappa shape index (κ2) is 7.88. The van der Waals surface area contributed by atoms with Crippen molar-refractivity contribution in [2.75, 3.05) is 32.7 Å². The molecule has 0 aromatic carbocycles. The number of hydrogen-bond donors (Lipinski definition) is 1. The zero-order valence-corrected chi connectivity index (χ0v) is 15.1. The van der Waals surface area contributed by atoms with Crippen LogP contribution in [0.2, 0.25) is 0 Å². The fourth-order valence-corrected chi connectivity index (χ4v) is 2.97. The normalized spacial score (nSPS) is 21.0. The molecule has 0 aliphatic carbocycles. The Morgan fingerprint density at radius 3 is 2.78 bits per heavy atom. The van der Waals surface area contributed by atoms with Crippen LogP contribution in [-0.4, -0.2) is 66.2 Å². The van der Waals surface area contributed by atoms with Crippen LogP contribution in [0.3, 0.4) is 0 Å². The molecule has 6 heteroatoms. The van der Waals surface area contributed by atoms with E-state index in [0.29, 0.717) is 13.1 Å². The third-order valence-electron chi connectivity index (χ3n) is 4.17. The van der Waals surface area contributed by atoms with Crippen molar-refractivity contribution in [1.29, 1.82) is 0 Å². The van der Waals surface area contributed by atoms with Crippen LogP contribution in [0.1, 0.15) is 53.4 Å². The molecule has 0 radical (unpaired) electrons. The summed E-state index contributed by atoms with van der Waals surface area (Å²) in [4.78, 5) is 20.9. The van der Waals surface area contributed by atoms with E-state index >= 15 is 0 Å². The van der Waals surface area contributed by atoms with Gasteiger partial charge in [0.2, 0.25) is 0 Å². The average molecular weight is 324 g/mol. The molecule has 0 bridgehead atoms. The smallest absolute Gasteiger partial charge is 0.410 e. The van der Waals surface area contributed by atoms with Gasteiger partial charge in [0.15, 0.2) is 5.96 Å². The number of aliphatic imine (C=N–C) groups is 1. The Labute approximate surface area is 140 Å². The van der Waals surface area contributed by atoms with Gasteiger partial charge in [0.1, 0.15) is 5.60 Å². The predicted octanol–water partition coefficient (Wildman–Crippen LogP) is 2.45. The predicted molar refractivity (Wildman–Crippen MR) is 92.7 cm³/mol. The topological polar surface area (TPSA) is 57.2 Å². The van der Waals surface area contributed by atoms with E-state index in [4.69, 9.17) is 4.74 Å². The fraction of sp³-hybridized carbons (Fsp3) is 0.882. The molecule has 0 saturated carbocycles. The summed E-state index contributed by atoms with van der Waals surface area (Å²) >= 11 is 0. The Morgan fingerprint density at radius 1 is 1.30 bits per heavy atom. The maximum atomic E-state index is 12.2. The van der Waals surface area contributed by atoms with Gasteiger partial charge in [0, 0.05) is 26.2 Å². The van der Waals surface area contributed by atoms with Crippen molar-refractivity contribution in [2.45, 2.75) is 65.0 Å². The number of nitrogens with zero attached hydrogens (tertiary/aromatic N) is 3. The van der Waals surface area contributed by atoms with Gasteiger partial charge in [-0.15, -0.1) is 0 Å². The zero-order chi connectivity index (χ0) is 16.9.